The molecule has 0 aliphatic heterocycles. The number of hydrogen-bond acceptors (Lipinski definition) is 6. The topological polar surface area (TPSA) is 80.6 Å². The quantitative estimate of drug-likeness (QED) is 0.191. The third-order valence-corrected chi connectivity index (χ3v) is 4.27. The number of esters is 1. The largest absolute Gasteiger partial charge is 0.465 e. The van der Waals surface area contributed by atoms with Crippen LogP contribution in [0.2, 0.25) is 0 Å². The van der Waals surface area contributed by atoms with Crippen molar-refractivity contribution >= 4 is 34.3 Å². The summed E-state index contributed by atoms with van der Waals surface area (Å²) in [5, 5.41) is 12.4. The zero-order valence-corrected chi connectivity index (χ0v) is 16.8. The minimum absolute atomic E-state index is 0.125. The van der Waals surface area contributed by atoms with Crippen molar-refractivity contribution in [1.29, 1.82) is 5.26 Å². The fourth-order valence-electron chi connectivity index (χ4n) is 2.16. The van der Waals surface area contributed by atoms with E-state index in [4.69, 9.17) is 19.5 Å². The highest BCUT2D eigenvalue weighted by Gasteiger charge is 2.22. The number of nitrogens with one attached hydrogen (secondary N) is 1. The van der Waals surface area contributed by atoms with Crippen LogP contribution in [0.1, 0.15) is 29.8 Å². The summed E-state index contributed by atoms with van der Waals surface area (Å²) in [6.07, 6.45) is 1.02. The summed E-state index contributed by atoms with van der Waals surface area (Å²) in [7, 11) is 1.34. The second kappa shape index (κ2) is 11.8. The lowest BCUT2D eigenvalue weighted by atomic mass is 10.1. The molecular formula is C18H23IN2O4. The van der Waals surface area contributed by atoms with E-state index >= 15 is 0 Å². The maximum absolute atomic E-state index is 11.5. The summed E-state index contributed by atoms with van der Waals surface area (Å²) in [5.74, 6) is -0.400. The lowest BCUT2D eigenvalue weighted by Crippen LogP contribution is -2.43. The van der Waals surface area contributed by atoms with Crippen LogP contribution in [0.25, 0.3) is 5.70 Å². The summed E-state index contributed by atoms with van der Waals surface area (Å²) in [6.45, 7) is 4.89. The molecule has 1 unspecified atom stereocenters. The summed E-state index contributed by atoms with van der Waals surface area (Å²) >= 11 is 2.25. The molecular weight excluding hydrogens is 435 g/mol. The molecule has 0 aliphatic carbocycles. The van der Waals surface area contributed by atoms with E-state index in [0.717, 1.165) is 9.99 Å². The third-order valence-electron chi connectivity index (χ3n) is 3.32. The van der Waals surface area contributed by atoms with Gasteiger partial charge in [-0.25, -0.2) is 4.79 Å². The number of nitriles is 1. The van der Waals surface area contributed by atoms with Gasteiger partial charge in [0.05, 0.1) is 30.5 Å². The summed E-state index contributed by atoms with van der Waals surface area (Å²) in [5.41, 5.74) is 1.88. The van der Waals surface area contributed by atoms with Crippen LogP contribution in [0.3, 0.4) is 0 Å². The van der Waals surface area contributed by atoms with Gasteiger partial charge in [0, 0.05) is 23.7 Å². The minimum Gasteiger partial charge on any atom is -0.465 e. The smallest absolute Gasteiger partial charge is 0.337 e. The number of nitrogens with zero attached hydrogens (tertiary/aromatic N) is 1. The summed E-state index contributed by atoms with van der Waals surface area (Å²) in [6, 6.07) is 8.78. The van der Waals surface area contributed by atoms with Crippen molar-refractivity contribution in [3.05, 3.63) is 41.5 Å². The highest BCUT2D eigenvalue weighted by atomic mass is 127. The van der Waals surface area contributed by atoms with Crippen molar-refractivity contribution in [2.75, 3.05) is 24.8 Å². The van der Waals surface area contributed by atoms with E-state index in [0.29, 0.717) is 24.5 Å². The number of allylic oxidation sites excluding steroid dienone is 1. The lowest BCUT2D eigenvalue weighted by molar-refractivity contribution is -0.147. The molecule has 0 spiro atoms. The van der Waals surface area contributed by atoms with E-state index < -0.39 is 12.3 Å². The van der Waals surface area contributed by atoms with Crippen LogP contribution < -0.4 is 5.32 Å². The van der Waals surface area contributed by atoms with Gasteiger partial charge in [-0.05, 0) is 31.5 Å². The molecule has 1 aromatic rings. The first kappa shape index (κ1) is 21.4. The molecule has 6 nitrogen and oxygen atoms in total. The third kappa shape index (κ3) is 6.65. The molecule has 0 amide bonds. The van der Waals surface area contributed by atoms with Gasteiger partial charge in [-0.2, -0.15) is 5.26 Å². The van der Waals surface area contributed by atoms with Crippen LogP contribution >= 0.6 is 22.6 Å². The Labute approximate surface area is 162 Å². The van der Waals surface area contributed by atoms with Crippen LogP contribution in [0.5, 0.6) is 0 Å². The van der Waals surface area contributed by atoms with E-state index in [1.807, 2.05) is 19.9 Å². The first-order valence-corrected chi connectivity index (χ1v) is 9.47. The fourth-order valence-corrected chi connectivity index (χ4v) is 2.80. The Hall–Kier alpha value is -1.63. The molecule has 0 bridgehead atoms. The van der Waals surface area contributed by atoms with Gasteiger partial charge in [-0.15, -0.1) is 0 Å². The Morgan fingerprint density at radius 2 is 1.80 bits per heavy atom. The normalized spacial score (nSPS) is 12.6. The van der Waals surface area contributed by atoms with E-state index in [2.05, 4.69) is 27.9 Å². The van der Waals surface area contributed by atoms with Crippen molar-refractivity contribution in [3.63, 3.8) is 0 Å². The standard InChI is InChI=1S/C18H23IN2O4/c1-4-24-18(25-5-2)16(12-19)21-15(10-11-20)13-6-8-14(9-7-13)17(22)23-3/h6-10,16,18,21H,4-5,12H2,1-3H3. The molecule has 0 heterocycles. The minimum atomic E-state index is -0.414. The number of alkyl halides is 1. The number of ether oxygens (including phenoxy) is 3. The molecule has 1 atom stereocenters. The van der Waals surface area contributed by atoms with E-state index in [1.165, 1.54) is 13.2 Å². The van der Waals surface area contributed by atoms with Crippen LogP contribution in [-0.2, 0) is 14.2 Å². The maximum atomic E-state index is 11.5. The molecule has 1 rings (SSSR count). The average molecular weight is 458 g/mol. The SMILES string of the molecule is CCOC(OCC)C(CI)NC(=CC#N)c1ccc(C(=O)OC)cc1. The van der Waals surface area contributed by atoms with Gasteiger partial charge in [-0.3, -0.25) is 0 Å². The molecule has 1 N–H and O–H groups in total. The Morgan fingerprint density at radius 3 is 2.24 bits per heavy atom. The highest BCUT2D eigenvalue weighted by molar-refractivity contribution is 14.1. The molecule has 1 aromatic carbocycles. The predicted octanol–water partition coefficient (Wildman–Crippen LogP) is 3.13. The van der Waals surface area contributed by atoms with Gasteiger partial charge in [0.15, 0.2) is 6.29 Å². The Morgan fingerprint density at radius 1 is 1.24 bits per heavy atom. The number of rotatable bonds is 10. The predicted molar refractivity (Wildman–Crippen MR) is 104 cm³/mol. The Kier molecular flexibility index (Phi) is 10.1. The number of carbonyl (C=O) groups excluding carboxylic acids is 1. The van der Waals surface area contributed by atoms with Crippen LogP contribution in [0.4, 0.5) is 0 Å². The second-order valence-corrected chi connectivity index (χ2v) is 5.82. The highest BCUT2D eigenvalue weighted by Crippen LogP contribution is 2.17. The summed E-state index contributed by atoms with van der Waals surface area (Å²) < 4.78 is 16.7. The fraction of sp³-hybridized carbons (Fsp3) is 0.444. The molecule has 0 aromatic heterocycles. The van der Waals surface area contributed by atoms with E-state index in [1.54, 1.807) is 24.3 Å². The molecule has 0 aliphatic rings. The van der Waals surface area contributed by atoms with E-state index in [-0.39, 0.29) is 6.04 Å². The summed E-state index contributed by atoms with van der Waals surface area (Å²) in [4.78, 5) is 11.5. The molecule has 0 saturated carbocycles. The van der Waals surface area contributed by atoms with Gasteiger partial charge < -0.3 is 19.5 Å². The molecule has 136 valence electrons. The molecule has 0 fully saturated rings. The first-order valence-electron chi connectivity index (χ1n) is 7.95. The Balaban J connectivity index is 3.01. The number of halogens is 1. The van der Waals surface area contributed by atoms with Crippen molar-refractivity contribution < 1.29 is 19.0 Å². The second-order valence-electron chi connectivity index (χ2n) is 4.94. The first-order chi connectivity index (χ1) is 12.1. The van der Waals surface area contributed by atoms with Crippen molar-refractivity contribution in [3.8, 4) is 6.07 Å². The number of methoxy groups -OCH3 is 1. The number of benzene rings is 1. The lowest BCUT2D eigenvalue weighted by Gasteiger charge is -2.28. The maximum Gasteiger partial charge on any atom is 0.337 e. The van der Waals surface area contributed by atoms with Crippen LogP contribution in [0, 0.1) is 11.3 Å². The molecule has 0 saturated heterocycles. The van der Waals surface area contributed by atoms with Gasteiger partial charge in [0.25, 0.3) is 0 Å². The zero-order valence-electron chi connectivity index (χ0n) is 14.6. The van der Waals surface area contributed by atoms with Crippen LogP contribution in [-0.4, -0.2) is 43.1 Å². The van der Waals surface area contributed by atoms with Crippen molar-refractivity contribution in [2.45, 2.75) is 26.2 Å². The van der Waals surface area contributed by atoms with Crippen molar-refractivity contribution in [2.24, 2.45) is 0 Å². The zero-order chi connectivity index (χ0) is 18.7. The Bertz CT molecular complexity index is 604. The monoisotopic (exact) mass is 458 g/mol. The number of hydrogen-bond donors (Lipinski definition) is 1. The van der Waals surface area contributed by atoms with Gasteiger partial charge >= 0.3 is 5.97 Å². The molecule has 25 heavy (non-hydrogen) atoms. The number of carbonyl (C=O) groups is 1. The van der Waals surface area contributed by atoms with Crippen molar-refractivity contribution in [1.82, 2.24) is 5.32 Å². The average Bonchev–Trinajstić information content (AvgIpc) is 2.64. The molecule has 0 radical (unpaired) electrons. The van der Waals surface area contributed by atoms with Gasteiger partial charge in [-0.1, -0.05) is 34.7 Å². The van der Waals surface area contributed by atoms with Gasteiger partial charge in [0.1, 0.15) is 0 Å². The van der Waals surface area contributed by atoms with Crippen LogP contribution in [0.15, 0.2) is 30.3 Å². The molecule has 7 heteroatoms. The van der Waals surface area contributed by atoms with E-state index in [9.17, 15) is 4.79 Å². The van der Waals surface area contributed by atoms with Gasteiger partial charge in [0.2, 0.25) is 0 Å².